The summed E-state index contributed by atoms with van der Waals surface area (Å²) in [7, 11) is 4.55. The van der Waals surface area contributed by atoms with Crippen LogP contribution in [-0.2, 0) is 20.6 Å². The van der Waals surface area contributed by atoms with Gasteiger partial charge in [0.2, 0.25) is 5.79 Å². The minimum Gasteiger partial charge on any atom is -0.411 e. The summed E-state index contributed by atoms with van der Waals surface area (Å²) in [5, 5.41) is 11.8. The molecular formula is C14H21NO4. The highest BCUT2D eigenvalue weighted by Gasteiger charge is 2.38. The van der Waals surface area contributed by atoms with Crippen molar-refractivity contribution >= 4 is 6.21 Å². The molecule has 19 heavy (non-hydrogen) atoms. The smallest absolute Gasteiger partial charge is 0.235 e. The van der Waals surface area contributed by atoms with Crippen molar-refractivity contribution in [1.29, 1.82) is 0 Å². The fourth-order valence-electron chi connectivity index (χ4n) is 2.04. The van der Waals surface area contributed by atoms with Crippen LogP contribution in [0.25, 0.3) is 0 Å². The molecule has 0 amide bonds. The summed E-state index contributed by atoms with van der Waals surface area (Å²) in [5.41, 5.74) is 1.20. The number of ether oxygens (including phenoxy) is 3. The Morgan fingerprint density at radius 1 is 1.21 bits per heavy atom. The zero-order valence-corrected chi connectivity index (χ0v) is 11.6. The Kier molecular flexibility index (Phi) is 6.49. The largest absolute Gasteiger partial charge is 0.411 e. The predicted octanol–water partition coefficient (Wildman–Crippen LogP) is 2.08. The maximum atomic E-state index is 8.75. The van der Waals surface area contributed by atoms with E-state index in [1.165, 1.54) is 26.0 Å². The van der Waals surface area contributed by atoms with Gasteiger partial charge in [-0.05, 0) is 18.4 Å². The lowest BCUT2D eigenvalue weighted by Gasteiger charge is -2.33. The molecule has 0 bridgehead atoms. The van der Waals surface area contributed by atoms with Crippen molar-refractivity contribution in [2.75, 3.05) is 21.3 Å². The summed E-state index contributed by atoms with van der Waals surface area (Å²) >= 11 is 0. The van der Waals surface area contributed by atoms with Gasteiger partial charge in [-0.15, -0.1) is 0 Å². The second-order valence-electron chi connectivity index (χ2n) is 4.12. The number of hydrogen-bond acceptors (Lipinski definition) is 5. The first-order valence-corrected chi connectivity index (χ1v) is 6.08. The van der Waals surface area contributed by atoms with E-state index < -0.39 is 5.79 Å². The summed E-state index contributed by atoms with van der Waals surface area (Å²) in [6, 6.07) is 10.1. The molecule has 5 nitrogen and oxygen atoms in total. The van der Waals surface area contributed by atoms with Gasteiger partial charge in [0.05, 0.1) is 0 Å². The van der Waals surface area contributed by atoms with Crippen molar-refractivity contribution in [3.05, 3.63) is 35.9 Å². The molecule has 5 heteroatoms. The van der Waals surface area contributed by atoms with Gasteiger partial charge < -0.3 is 19.4 Å². The van der Waals surface area contributed by atoms with Crippen LogP contribution in [0.3, 0.4) is 0 Å². The van der Waals surface area contributed by atoms with Crippen LogP contribution in [0.2, 0.25) is 0 Å². The van der Waals surface area contributed by atoms with Gasteiger partial charge >= 0.3 is 0 Å². The molecule has 1 atom stereocenters. The first-order valence-electron chi connectivity index (χ1n) is 6.08. The molecule has 0 saturated heterocycles. The van der Waals surface area contributed by atoms with E-state index >= 15 is 0 Å². The number of methoxy groups -OCH3 is 3. The average Bonchev–Trinajstić information content (AvgIpc) is 2.47. The molecule has 0 aliphatic carbocycles. The van der Waals surface area contributed by atoms with Gasteiger partial charge in [-0.1, -0.05) is 35.5 Å². The lowest BCUT2D eigenvalue weighted by atomic mass is 10.0. The second-order valence-corrected chi connectivity index (χ2v) is 4.12. The molecule has 0 aliphatic heterocycles. The number of oxime groups is 1. The quantitative estimate of drug-likeness (QED) is 0.339. The molecule has 0 spiro atoms. The zero-order valence-electron chi connectivity index (χ0n) is 11.6. The van der Waals surface area contributed by atoms with Gasteiger partial charge in [0, 0.05) is 21.3 Å². The summed E-state index contributed by atoms with van der Waals surface area (Å²) in [5.74, 6) is -1.18. The van der Waals surface area contributed by atoms with E-state index in [0.717, 1.165) is 6.42 Å². The van der Waals surface area contributed by atoms with E-state index in [1.807, 2.05) is 30.3 Å². The van der Waals surface area contributed by atoms with Gasteiger partial charge in [-0.2, -0.15) is 0 Å². The van der Waals surface area contributed by atoms with E-state index in [1.54, 1.807) is 7.11 Å². The number of hydrogen-bond donors (Lipinski definition) is 1. The fourth-order valence-corrected chi connectivity index (χ4v) is 2.04. The number of aryl methyl sites for hydroxylation is 1. The molecule has 0 aromatic heterocycles. The Hall–Kier alpha value is -1.43. The normalized spacial score (nSPS) is 13.8. The van der Waals surface area contributed by atoms with E-state index in [4.69, 9.17) is 19.4 Å². The summed E-state index contributed by atoms with van der Waals surface area (Å²) in [6.07, 6.45) is 2.31. The Bertz CT molecular complexity index is 376. The molecular weight excluding hydrogens is 246 g/mol. The molecule has 1 rings (SSSR count). The maximum Gasteiger partial charge on any atom is 0.235 e. The highest BCUT2D eigenvalue weighted by molar-refractivity contribution is 5.67. The van der Waals surface area contributed by atoms with Crippen LogP contribution in [0.4, 0.5) is 0 Å². The monoisotopic (exact) mass is 267 g/mol. The van der Waals surface area contributed by atoms with Crippen molar-refractivity contribution in [2.45, 2.75) is 24.7 Å². The summed E-state index contributed by atoms with van der Waals surface area (Å²) < 4.78 is 16.0. The lowest BCUT2D eigenvalue weighted by Crippen LogP contribution is -2.49. The van der Waals surface area contributed by atoms with Crippen molar-refractivity contribution < 1.29 is 19.4 Å². The van der Waals surface area contributed by atoms with Gasteiger partial charge in [0.25, 0.3) is 0 Å². The van der Waals surface area contributed by atoms with Gasteiger partial charge in [0.1, 0.15) is 12.3 Å². The van der Waals surface area contributed by atoms with Crippen LogP contribution in [0.1, 0.15) is 12.0 Å². The Balaban J connectivity index is 2.75. The van der Waals surface area contributed by atoms with Gasteiger partial charge in [-0.25, -0.2) is 0 Å². The minimum atomic E-state index is -1.18. The van der Waals surface area contributed by atoms with Crippen LogP contribution < -0.4 is 0 Å². The van der Waals surface area contributed by atoms with Crippen LogP contribution >= 0.6 is 0 Å². The first-order chi connectivity index (χ1) is 9.22. The van der Waals surface area contributed by atoms with Gasteiger partial charge in [0.15, 0.2) is 0 Å². The third-order valence-corrected chi connectivity index (χ3v) is 3.15. The third kappa shape index (κ3) is 4.02. The SMILES string of the molecule is COC(CCc1ccccc1)C(C=NO)(OC)OC. The fraction of sp³-hybridized carbons (Fsp3) is 0.500. The lowest BCUT2D eigenvalue weighted by molar-refractivity contribution is -0.217. The molecule has 1 aromatic carbocycles. The Morgan fingerprint density at radius 2 is 1.84 bits per heavy atom. The maximum absolute atomic E-state index is 8.75. The average molecular weight is 267 g/mol. The summed E-state index contributed by atoms with van der Waals surface area (Å²) in [6.45, 7) is 0. The van der Waals surface area contributed by atoms with Gasteiger partial charge in [-0.3, -0.25) is 0 Å². The number of rotatable bonds is 8. The standard InChI is InChI=1S/C14H21NO4/c1-17-13(14(18-2,19-3)11-15-16)10-9-12-7-5-4-6-8-12/h4-8,11,13,16H,9-10H2,1-3H3. The number of nitrogens with zero attached hydrogens (tertiary/aromatic N) is 1. The van der Waals surface area contributed by atoms with Crippen molar-refractivity contribution in [2.24, 2.45) is 5.16 Å². The van der Waals surface area contributed by atoms with Crippen molar-refractivity contribution in [3.63, 3.8) is 0 Å². The molecule has 0 radical (unpaired) electrons. The second kappa shape index (κ2) is 7.89. The Labute approximate surface area is 113 Å². The van der Waals surface area contributed by atoms with E-state index in [-0.39, 0.29) is 6.10 Å². The molecule has 1 aromatic rings. The molecule has 0 saturated carbocycles. The zero-order chi connectivity index (χ0) is 14.1. The highest BCUT2D eigenvalue weighted by atomic mass is 16.7. The van der Waals surface area contributed by atoms with E-state index in [9.17, 15) is 0 Å². The van der Waals surface area contributed by atoms with Crippen molar-refractivity contribution in [3.8, 4) is 0 Å². The molecule has 1 N–H and O–H groups in total. The van der Waals surface area contributed by atoms with Crippen LogP contribution in [0.5, 0.6) is 0 Å². The van der Waals surface area contributed by atoms with Crippen molar-refractivity contribution in [1.82, 2.24) is 0 Å². The molecule has 0 fully saturated rings. The Morgan fingerprint density at radius 3 is 2.32 bits per heavy atom. The minimum absolute atomic E-state index is 0.376. The van der Waals surface area contributed by atoms with Crippen LogP contribution in [0.15, 0.2) is 35.5 Å². The third-order valence-electron chi connectivity index (χ3n) is 3.15. The molecule has 0 aliphatic rings. The molecule has 1 unspecified atom stereocenters. The topological polar surface area (TPSA) is 60.3 Å². The van der Waals surface area contributed by atoms with E-state index in [0.29, 0.717) is 6.42 Å². The van der Waals surface area contributed by atoms with E-state index in [2.05, 4.69) is 5.16 Å². The highest BCUT2D eigenvalue weighted by Crippen LogP contribution is 2.22. The van der Waals surface area contributed by atoms with Crippen LogP contribution in [0, 0.1) is 0 Å². The molecule has 0 heterocycles. The first kappa shape index (κ1) is 15.6. The van der Waals surface area contributed by atoms with Crippen LogP contribution in [-0.4, -0.2) is 44.6 Å². The predicted molar refractivity (Wildman–Crippen MR) is 72.6 cm³/mol. The summed E-state index contributed by atoms with van der Waals surface area (Å²) in [4.78, 5) is 0. The molecule has 106 valence electrons. The number of benzene rings is 1.